The standard InChI is InChI=1S/C20H18F3N3O2/c1-11-5-3-6-13(9-11)17-16(12(2)24-19(28)26-17)18(27)25-15-8-4-7-14(10-15)20(21,22)23/h3-10,17H,1-2H3,(H,25,27)(H2,24,26,28)/t17-/m1/s1. The summed E-state index contributed by atoms with van der Waals surface area (Å²) in [5.74, 6) is -0.601. The van der Waals surface area contributed by atoms with E-state index in [0.717, 1.165) is 17.7 Å². The van der Waals surface area contributed by atoms with Crippen molar-refractivity contribution in [3.05, 3.63) is 76.5 Å². The van der Waals surface area contributed by atoms with Crippen LogP contribution in [0.3, 0.4) is 0 Å². The minimum absolute atomic E-state index is 0.0139. The van der Waals surface area contributed by atoms with Crippen LogP contribution >= 0.6 is 0 Å². The number of hydrogen-bond acceptors (Lipinski definition) is 2. The Morgan fingerprint density at radius 3 is 2.46 bits per heavy atom. The van der Waals surface area contributed by atoms with E-state index in [0.29, 0.717) is 11.3 Å². The summed E-state index contributed by atoms with van der Waals surface area (Å²) in [4.78, 5) is 24.8. The van der Waals surface area contributed by atoms with E-state index >= 15 is 0 Å². The number of anilines is 1. The molecule has 2 aromatic rings. The van der Waals surface area contributed by atoms with Crippen LogP contribution in [-0.4, -0.2) is 11.9 Å². The zero-order chi connectivity index (χ0) is 20.5. The van der Waals surface area contributed by atoms with Gasteiger partial charge in [0.2, 0.25) is 0 Å². The number of alkyl halides is 3. The fraction of sp³-hybridized carbons (Fsp3) is 0.200. The lowest BCUT2D eigenvalue weighted by Gasteiger charge is -2.29. The molecule has 0 saturated heterocycles. The van der Waals surface area contributed by atoms with Crippen LogP contribution in [0.15, 0.2) is 59.8 Å². The number of carbonyl (C=O) groups is 2. The van der Waals surface area contributed by atoms with Crippen molar-refractivity contribution in [1.29, 1.82) is 0 Å². The number of aryl methyl sites for hydroxylation is 1. The van der Waals surface area contributed by atoms with Crippen LogP contribution in [0, 0.1) is 6.92 Å². The van der Waals surface area contributed by atoms with Gasteiger partial charge in [0, 0.05) is 11.4 Å². The summed E-state index contributed by atoms with van der Waals surface area (Å²) in [6, 6.07) is 10.5. The quantitative estimate of drug-likeness (QED) is 0.733. The summed E-state index contributed by atoms with van der Waals surface area (Å²) in [6.45, 7) is 3.45. The maximum atomic E-state index is 12.9. The molecule has 28 heavy (non-hydrogen) atoms. The first-order valence-corrected chi connectivity index (χ1v) is 8.48. The molecular formula is C20H18F3N3O2. The van der Waals surface area contributed by atoms with Crippen LogP contribution in [0.2, 0.25) is 0 Å². The lowest BCUT2D eigenvalue weighted by Crippen LogP contribution is -2.46. The molecule has 2 aromatic carbocycles. The maximum absolute atomic E-state index is 12.9. The third kappa shape index (κ3) is 4.16. The molecule has 0 aromatic heterocycles. The molecule has 1 heterocycles. The van der Waals surface area contributed by atoms with Crippen LogP contribution in [0.1, 0.15) is 29.7 Å². The normalized spacial score (nSPS) is 17.0. The van der Waals surface area contributed by atoms with Gasteiger partial charge in [-0.3, -0.25) is 4.79 Å². The summed E-state index contributed by atoms with van der Waals surface area (Å²) >= 11 is 0. The van der Waals surface area contributed by atoms with E-state index in [4.69, 9.17) is 0 Å². The van der Waals surface area contributed by atoms with Gasteiger partial charge in [-0.25, -0.2) is 4.79 Å². The summed E-state index contributed by atoms with van der Waals surface area (Å²) in [6.07, 6.45) is -4.51. The molecule has 0 fully saturated rings. The Labute approximate surface area is 159 Å². The molecule has 146 valence electrons. The Balaban J connectivity index is 1.94. The third-order valence-electron chi connectivity index (χ3n) is 4.34. The highest BCUT2D eigenvalue weighted by Crippen LogP contribution is 2.32. The number of benzene rings is 2. The van der Waals surface area contributed by atoms with Crippen molar-refractivity contribution < 1.29 is 22.8 Å². The SMILES string of the molecule is CC1=C(C(=O)Nc2cccc(C(F)(F)F)c2)[C@@H](c2cccc(C)c2)NC(=O)N1. The van der Waals surface area contributed by atoms with Crippen LogP contribution in [0.25, 0.3) is 0 Å². The van der Waals surface area contributed by atoms with Gasteiger partial charge >= 0.3 is 12.2 Å². The van der Waals surface area contributed by atoms with Gasteiger partial charge in [0.05, 0.1) is 17.2 Å². The molecule has 0 radical (unpaired) electrons. The predicted octanol–water partition coefficient (Wildman–Crippen LogP) is 4.28. The van der Waals surface area contributed by atoms with Gasteiger partial charge in [0.15, 0.2) is 0 Å². The second kappa shape index (κ2) is 7.38. The monoisotopic (exact) mass is 389 g/mol. The topological polar surface area (TPSA) is 70.2 Å². The predicted molar refractivity (Wildman–Crippen MR) is 98.4 cm³/mol. The van der Waals surface area contributed by atoms with E-state index in [-0.39, 0.29) is 11.3 Å². The van der Waals surface area contributed by atoms with Gasteiger partial charge in [-0.15, -0.1) is 0 Å². The van der Waals surface area contributed by atoms with Gasteiger partial charge in [-0.05, 0) is 37.6 Å². The average Bonchev–Trinajstić information content (AvgIpc) is 2.60. The lowest BCUT2D eigenvalue weighted by molar-refractivity contribution is -0.137. The molecule has 0 bridgehead atoms. The minimum Gasteiger partial charge on any atom is -0.327 e. The Kier molecular flexibility index (Phi) is 5.13. The highest BCUT2D eigenvalue weighted by molar-refractivity contribution is 6.06. The number of rotatable bonds is 3. The Hall–Kier alpha value is -3.29. The molecule has 8 heteroatoms. The highest BCUT2D eigenvalue weighted by atomic mass is 19.4. The van der Waals surface area contributed by atoms with E-state index < -0.39 is 29.7 Å². The first kappa shape index (κ1) is 19.5. The third-order valence-corrected chi connectivity index (χ3v) is 4.34. The smallest absolute Gasteiger partial charge is 0.327 e. The second-order valence-corrected chi connectivity index (χ2v) is 6.52. The van der Waals surface area contributed by atoms with E-state index in [9.17, 15) is 22.8 Å². The molecule has 3 amide bonds. The van der Waals surface area contributed by atoms with Crippen molar-refractivity contribution >= 4 is 17.6 Å². The lowest BCUT2D eigenvalue weighted by atomic mass is 9.94. The molecule has 1 atom stereocenters. The first-order chi connectivity index (χ1) is 13.1. The highest BCUT2D eigenvalue weighted by Gasteiger charge is 2.33. The van der Waals surface area contributed by atoms with Crippen molar-refractivity contribution in [2.45, 2.75) is 26.1 Å². The van der Waals surface area contributed by atoms with E-state index in [1.54, 1.807) is 19.1 Å². The Morgan fingerprint density at radius 2 is 1.79 bits per heavy atom. The van der Waals surface area contributed by atoms with E-state index in [2.05, 4.69) is 16.0 Å². The van der Waals surface area contributed by atoms with E-state index in [1.807, 2.05) is 19.1 Å². The number of amides is 3. The molecule has 1 aliphatic heterocycles. The fourth-order valence-corrected chi connectivity index (χ4v) is 3.07. The molecule has 0 spiro atoms. The van der Waals surface area contributed by atoms with Crippen molar-refractivity contribution in [2.75, 3.05) is 5.32 Å². The number of urea groups is 1. The summed E-state index contributed by atoms with van der Waals surface area (Å²) < 4.78 is 38.7. The minimum atomic E-state index is -4.51. The number of hydrogen-bond donors (Lipinski definition) is 3. The molecule has 3 rings (SSSR count). The zero-order valence-corrected chi connectivity index (χ0v) is 15.1. The molecular weight excluding hydrogens is 371 g/mol. The first-order valence-electron chi connectivity index (χ1n) is 8.48. The van der Waals surface area contributed by atoms with Gasteiger partial charge < -0.3 is 16.0 Å². The zero-order valence-electron chi connectivity index (χ0n) is 15.1. The molecule has 5 nitrogen and oxygen atoms in total. The van der Waals surface area contributed by atoms with Crippen molar-refractivity contribution in [2.24, 2.45) is 0 Å². The van der Waals surface area contributed by atoms with Crippen molar-refractivity contribution in [3.8, 4) is 0 Å². The summed E-state index contributed by atoms with van der Waals surface area (Å²) in [7, 11) is 0. The molecule has 3 N–H and O–H groups in total. The van der Waals surface area contributed by atoms with Gasteiger partial charge in [-0.1, -0.05) is 35.9 Å². The van der Waals surface area contributed by atoms with Crippen molar-refractivity contribution in [1.82, 2.24) is 10.6 Å². The van der Waals surface area contributed by atoms with Crippen molar-refractivity contribution in [3.63, 3.8) is 0 Å². The average molecular weight is 389 g/mol. The second-order valence-electron chi connectivity index (χ2n) is 6.52. The molecule has 1 aliphatic rings. The number of allylic oxidation sites excluding steroid dienone is 1. The van der Waals surface area contributed by atoms with Crippen LogP contribution in [0.4, 0.5) is 23.7 Å². The van der Waals surface area contributed by atoms with Crippen LogP contribution in [-0.2, 0) is 11.0 Å². The van der Waals surface area contributed by atoms with Gasteiger partial charge in [0.25, 0.3) is 5.91 Å². The van der Waals surface area contributed by atoms with Gasteiger partial charge in [-0.2, -0.15) is 13.2 Å². The van der Waals surface area contributed by atoms with Gasteiger partial charge in [0.1, 0.15) is 0 Å². The summed E-state index contributed by atoms with van der Waals surface area (Å²) in [5.41, 5.74) is 1.35. The Morgan fingerprint density at radius 1 is 1.07 bits per heavy atom. The van der Waals surface area contributed by atoms with Crippen LogP contribution < -0.4 is 16.0 Å². The van der Waals surface area contributed by atoms with E-state index in [1.165, 1.54) is 12.1 Å². The Bertz CT molecular complexity index is 967. The number of halogens is 3. The molecule has 0 unspecified atom stereocenters. The largest absolute Gasteiger partial charge is 0.416 e. The number of carbonyl (C=O) groups excluding carboxylic acids is 2. The summed E-state index contributed by atoms with van der Waals surface area (Å²) in [5, 5.41) is 7.72. The maximum Gasteiger partial charge on any atom is 0.416 e. The molecule has 0 saturated carbocycles. The fourth-order valence-electron chi connectivity index (χ4n) is 3.07. The number of nitrogens with one attached hydrogen (secondary N) is 3. The molecule has 0 aliphatic carbocycles. The van der Waals surface area contributed by atoms with Crippen LogP contribution in [0.5, 0.6) is 0 Å².